The van der Waals surface area contributed by atoms with Gasteiger partial charge in [-0.3, -0.25) is 19.8 Å². The number of carbonyl (C=O) groups excluding carboxylic acids is 1. The zero-order valence-corrected chi connectivity index (χ0v) is 17.7. The summed E-state index contributed by atoms with van der Waals surface area (Å²) >= 11 is 6.50. The van der Waals surface area contributed by atoms with Gasteiger partial charge in [-0.05, 0) is 41.5 Å². The molecule has 0 spiro atoms. The second-order valence-corrected chi connectivity index (χ2v) is 7.88. The Hall–Kier alpha value is -3.17. The summed E-state index contributed by atoms with van der Waals surface area (Å²) in [7, 11) is 1.54. The van der Waals surface area contributed by atoms with E-state index in [0.29, 0.717) is 27.3 Å². The van der Waals surface area contributed by atoms with Crippen LogP contribution in [-0.2, 0) is 11.4 Å². The minimum Gasteiger partial charge on any atom is -0.493 e. The van der Waals surface area contributed by atoms with Gasteiger partial charge in [-0.25, -0.2) is 0 Å². The second-order valence-electron chi connectivity index (χ2n) is 6.20. The van der Waals surface area contributed by atoms with Gasteiger partial charge in [0, 0.05) is 18.7 Å². The first kappa shape index (κ1) is 21.5. The molecule has 1 saturated heterocycles. The van der Waals surface area contributed by atoms with E-state index in [1.54, 1.807) is 36.4 Å². The summed E-state index contributed by atoms with van der Waals surface area (Å²) in [5, 5.41) is 10.8. The summed E-state index contributed by atoms with van der Waals surface area (Å²) in [6.45, 7) is 4.22. The summed E-state index contributed by atoms with van der Waals surface area (Å²) in [4.78, 5) is 24.8. The number of methoxy groups -OCH3 is 1. The van der Waals surface area contributed by atoms with Crippen molar-refractivity contribution in [2.45, 2.75) is 6.61 Å². The average molecular weight is 443 g/mol. The smallest absolute Gasteiger partial charge is 0.269 e. The van der Waals surface area contributed by atoms with Gasteiger partial charge < -0.3 is 9.47 Å². The van der Waals surface area contributed by atoms with Crippen LogP contribution in [0.4, 0.5) is 5.69 Å². The van der Waals surface area contributed by atoms with E-state index >= 15 is 0 Å². The first-order valence-electron chi connectivity index (χ1n) is 8.83. The summed E-state index contributed by atoms with van der Waals surface area (Å²) in [5.74, 6) is 0.869. The summed E-state index contributed by atoms with van der Waals surface area (Å²) in [6, 6.07) is 11.5. The molecule has 0 saturated carbocycles. The molecule has 30 heavy (non-hydrogen) atoms. The van der Waals surface area contributed by atoms with Crippen LogP contribution in [0.15, 0.2) is 60.0 Å². The molecule has 0 bridgehead atoms. The molecule has 2 aromatic carbocycles. The molecule has 9 heteroatoms. The van der Waals surface area contributed by atoms with Crippen LogP contribution in [0, 0.1) is 10.1 Å². The number of hydrogen-bond donors (Lipinski definition) is 0. The molecule has 1 aliphatic heterocycles. The highest BCUT2D eigenvalue weighted by Gasteiger charge is 2.31. The Kier molecular flexibility index (Phi) is 6.86. The first-order valence-corrected chi connectivity index (χ1v) is 10.1. The van der Waals surface area contributed by atoms with E-state index < -0.39 is 4.92 Å². The van der Waals surface area contributed by atoms with E-state index in [0.717, 1.165) is 11.1 Å². The summed E-state index contributed by atoms with van der Waals surface area (Å²) < 4.78 is 11.7. The van der Waals surface area contributed by atoms with Gasteiger partial charge >= 0.3 is 0 Å². The van der Waals surface area contributed by atoms with Crippen molar-refractivity contribution in [3.63, 3.8) is 0 Å². The van der Waals surface area contributed by atoms with Crippen LogP contribution in [0.3, 0.4) is 0 Å². The number of hydrogen-bond acceptors (Lipinski definition) is 7. The molecule has 1 aliphatic rings. The number of thiocarbonyl (C=S) groups is 1. The predicted molar refractivity (Wildman–Crippen MR) is 120 cm³/mol. The number of thioether (sulfide) groups is 1. The second kappa shape index (κ2) is 9.55. The number of nitrogens with zero attached hydrogens (tertiary/aromatic N) is 2. The van der Waals surface area contributed by atoms with Crippen molar-refractivity contribution in [2.75, 3.05) is 13.7 Å². The van der Waals surface area contributed by atoms with Crippen molar-refractivity contribution in [2.24, 2.45) is 0 Å². The lowest BCUT2D eigenvalue weighted by Gasteiger charge is -2.12. The third-order valence-corrected chi connectivity index (χ3v) is 5.59. The third-order valence-electron chi connectivity index (χ3n) is 4.21. The average Bonchev–Trinajstić information content (AvgIpc) is 3.00. The van der Waals surface area contributed by atoms with Crippen LogP contribution in [0.5, 0.6) is 11.5 Å². The molecule has 2 aromatic rings. The molecule has 0 N–H and O–H groups in total. The lowest BCUT2D eigenvalue weighted by Crippen LogP contribution is -2.27. The quantitative estimate of drug-likeness (QED) is 0.195. The summed E-state index contributed by atoms with van der Waals surface area (Å²) in [6.07, 6.45) is 3.38. The Morgan fingerprint density at radius 3 is 2.60 bits per heavy atom. The fourth-order valence-corrected chi connectivity index (χ4v) is 3.98. The highest BCUT2D eigenvalue weighted by molar-refractivity contribution is 8.26. The van der Waals surface area contributed by atoms with Gasteiger partial charge in [0.05, 0.1) is 16.9 Å². The van der Waals surface area contributed by atoms with Crippen molar-refractivity contribution in [3.8, 4) is 11.5 Å². The summed E-state index contributed by atoms with van der Waals surface area (Å²) in [5.41, 5.74) is 1.55. The molecular formula is C21H18N2O5S2. The van der Waals surface area contributed by atoms with Crippen LogP contribution in [-0.4, -0.2) is 33.7 Å². The SMILES string of the molecule is C=CCN1C(=O)/C(=C\c2ccc(OC)c(OCc3ccc([N+](=O)[O-])cc3)c2)SC1=S. The Labute approximate surface area is 183 Å². The standard InChI is InChI=1S/C21H18N2O5S2/c1-3-10-22-20(24)19(30-21(22)29)12-15-6-9-17(27-2)18(11-15)28-13-14-4-7-16(8-5-14)23(25)26/h3-9,11-12H,1,10,13H2,2H3/b19-12+. The molecule has 1 heterocycles. The van der Waals surface area contributed by atoms with Crippen LogP contribution in [0.2, 0.25) is 0 Å². The lowest BCUT2D eigenvalue weighted by molar-refractivity contribution is -0.384. The zero-order chi connectivity index (χ0) is 21.7. The van der Waals surface area contributed by atoms with Crippen molar-refractivity contribution in [3.05, 3.63) is 81.3 Å². The lowest BCUT2D eigenvalue weighted by atomic mass is 10.1. The molecule has 3 rings (SSSR count). The van der Waals surface area contributed by atoms with Gasteiger partial charge in [-0.15, -0.1) is 6.58 Å². The van der Waals surface area contributed by atoms with Crippen molar-refractivity contribution in [1.82, 2.24) is 4.90 Å². The minimum atomic E-state index is -0.450. The molecule has 0 radical (unpaired) electrons. The number of nitro groups is 1. The molecule has 0 atom stereocenters. The molecule has 0 aliphatic carbocycles. The molecule has 7 nitrogen and oxygen atoms in total. The fraction of sp³-hybridized carbons (Fsp3) is 0.143. The maximum atomic E-state index is 12.5. The maximum Gasteiger partial charge on any atom is 0.269 e. The van der Waals surface area contributed by atoms with Crippen molar-refractivity contribution >= 4 is 46.0 Å². The molecule has 154 valence electrons. The predicted octanol–water partition coefficient (Wildman–Crippen LogP) is 4.57. The van der Waals surface area contributed by atoms with E-state index in [1.165, 1.54) is 35.9 Å². The number of rotatable bonds is 8. The monoisotopic (exact) mass is 442 g/mol. The number of nitro benzene ring substituents is 1. The maximum absolute atomic E-state index is 12.5. The third kappa shape index (κ3) is 4.87. The Morgan fingerprint density at radius 1 is 1.23 bits per heavy atom. The number of non-ortho nitro benzene ring substituents is 1. The van der Waals surface area contributed by atoms with Crippen molar-refractivity contribution < 1.29 is 19.2 Å². The number of ether oxygens (including phenoxy) is 2. The zero-order valence-electron chi connectivity index (χ0n) is 16.1. The first-order chi connectivity index (χ1) is 14.4. The largest absolute Gasteiger partial charge is 0.493 e. The van der Waals surface area contributed by atoms with Gasteiger partial charge in [0.1, 0.15) is 10.9 Å². The molecule has 1 fully saturated rings. The number of amides is 1. The van der Waals surface area contributed by atoms with E-state index in [9.17, 15) is 14.9 Å². The van der Waals surface area contributed by atoms with Gasteiger partial charge in [-0.2, -0.15) is 0 Å². The van der Waals surface area contributed by atoms with Gasteiger partial charge in [0.25, 0.3) is 11.6 Å². The van der Waals surface area contributed by atoms with Crippen LogP contribution < -0.4 is 9.47 Å². The normalized spacial score (nSPS) is 14.8. The van der Waals surface area contributed by atoms with E-state index in [-0.39, 0.29) is 18.2 Å². The van der Waals surface area contributed by atoms with Crippen LogP contribution >= 0.6 is 24.0 Å². The number of benzene rings is 2. The van der Waals surface area contributed by atoms with Gasteiger partial charge in [0.15, 0.2) is 11.5 Å². The van der Waals surface area contributed by atoms with Crippen molar-refractivity contribution in [1.29, 1.82) is 0 Å². The minimum absolute atomic E-state index is 0.0205. The topological polar surface area (TPSA) is 81.9 Å². The highest BCUT2D eigenvalue weighted by atomic mass is 32.2. The van der Waals surface area contributed by atoms with Gasteiger partial charge in [-0.1, -0.05) is 36.1 Å². The van der Waals surface area contributed by atoms with E-state index in [1.807, 2.05) is 6.07 Å². The van der Waals surface area contributed by atoms with E-state index in [2.05, 4.69) is 6.58 Å². The molecule has 0 unspecified atom stereocenters. The van der Waals surface area contributed by atoms with Gasteiger partial charge in [0.2, 0.25) is 0 Å². The highest BCUT2D eigenvalue weighted by Crippen LogP contribution is 2.35. The number of carbonyl (C=O) groups is 1. The Balaban J connectivity index is 1.78. The van der Waals surface area contributed by atoms with E-state index in [4.69, 9.17) is 21.7 Å². The molecule has 0 aromatic heterocycles. The Morgan fingerprint density at radius 2 is 1.97 bits per heavy atom. The fourth-order valence-electron chi connectivity index (χ4n) is 2.71. The molecular weight excluding hydrogens is 424 g/mol. The van der Waals surface area contributed by atoms with Crippen LogP contribution in [0.1, 0.15) is 11.1 Å². The Bertz CT molecular complexity index is 1030. The van der Waals surface area contributed by atoms with Crippen LogP contribution in [0.25, 0.3) is 6.08 Å². The molecule has 1 amide bonds.